The number of hydrogen-bond donors (Lipinski definition) is 2. The molecule has 16 heavy (non-hydrogen) atoms. The van der Waals surface area contributed by atoms with Crippen molar-refractivity contribution in [2.24, 2.45) is 0 Å². The zero-order valence-corrected chi connectivity index (χ0v) is 11.6. The van der Waals surface area contributed by atoms with Gasteiger partial charge in [0.2, 0.25) is 0 Å². The second-order valence-corrected chi connectivity index (χ2v) is 3.63. The van der Waals surface area contributed by atoms with Crippen LogP contribution in [0.3, 0.4) is 0 Å². The topological polar surface area (TPSA) is 47.7 Å². The van der Waals surface area contributed by atoms with Crippen molar-refractivity contribution in [2.45, 2.75) is 27.7 Å². The lowest BCUT2D eigenvalue weighted by atomic mass is 10.0. The number of benzene rings is 1. The molecule has 0 heterocycles. The van der Waals surface area contributed by atoms with Gasteiger partial charge in [-0.25, -0.2) is 10.8 Å². The van der Waals surface area contributed by atoms with E-state index < -0.39 is 0 Å². The van der Waals surface area contributed by atoms with Crippen LogP contribution in [0, 0.1) is 38.5 Å². The van der Waals surface area contributed by atoms with Gasteiger partial charge in [-0.3, -0.25) is 0 Å². The number of nitrogens with one attached hydrogen (secondary N) is 2. The van der Waals surface area contributed by atoms with Crippen LogP contribution in [-0.4, -0.2) is 10.3 Å². The molecule has 0 aliphatic heterocycles. The molecule has 0 fully saturated rings. The SMILES string of the molecule is Cc1cc(C)c(C)cc1C.N=C=S.N=C=S. The first-order valence-corrected chi connectivity index (χ1v) is 5.38. The van der Waals surface area contributed by atoms with E-state index in [1.165, 1.54) is 22.3 Å². The summed E-state index contributed by atoms with van der Waals surface area (Å²) in [6.07, 6.45) is 0. The van der Waals surface area contributed by atoms with Crippen LogP contribution in [0.2, 0.25) is 0 Å². The normalized spacial score (nSPS) is 7.25. The molecule has 0 unspecified atom stereocenters. The molecule has 0 aromatic heterocycles. The molecule has 0 spiro atoms. The molecule has 1 rings (SSSR count). The molecule has 0 bridgehead atoms. The van der Waals surface area contributed by atoms with E-state index >= 15 is 0 Å². The largest absolute Gasteiger partial charge is 0.248 e. The Balaban J connectivity index is 0. The third kappa shape index (κ3) is 8.16. The number of aryl methyl sites for hydroxylation is 4. The van der Waals surface area contributed by atoms with Gasteiger partial charge in [-0.05, 0) is 74.4 Å². The second kappa shape index (κ2) is 10.3. The van der Waals surface area contributed by atoms with Gasteiger partial charge in [0, 0.05) is 0 Å². The highest BCUT2D eigenvalue weighted by atomic mass is 32.1. The molecule has 0 aliphatic rings. The summed E-state index contributed by atoms with van der Waals surface area (Å²) in [5.74, 6) is 0. The maximum atomic E-state index is 5.77. The third-order valence-electron chi connectivity index (χ3n) is 2.11. The molecule has 0 aliphatic carbocycles. The summed E-state index contributed by atoms with van der Waals surface area (Å²) < 4.78 is 0. The standard InChI is InChI=1S/C10H14.2CHNS/c1-7-5-9(3)10(4)6-8(7)2;2*2-1-3/h5-6H,1-4H3;2*2H. The minimum absolute atomic E-state index is 1.39. The monoisotopic (exact) mass is 252 g/mol. The molecule has 0 radical (unpaired) electrons. The average Bonchev–Trinajstić information content (AvgIpc) is 2.17. The Morgan fingerprint density at radius 3 is 1.00 bits per heavy atom. The lowest BCUT2D eigenvalue weighted by Gasteiger charge is -2.04. The molecular formula is C12H16N2S2. The summed E-state index contributed by atoms with van der Waals surface area (Å²) in [6, 6.07) is 4.48. The fourth-order valence-corrected chi connectivity index (χ4v) is 1.10. The molecular weight excluding hydrogens is 236 g/mol. The highest BCUT2D eigenvalue weighted by Crippen LogP contribution is 2.13. The zero-order chi connectivity index (χ0) is 13.1. The van der Waals surface area contributed by atoms with Gasteiger partial charge in [0.05, 0.1) is 10.3 Å². The molecule has 1 aromatic carbocycles. The van der Waals surface area contributed by atoms with Crippen LogP contribution in [0.25, 0.3) is 0 Å². The van der Waals surface area contributed by atoms with E-state index in [2.05, 4.69) is 64.3 Å². The van der Waals surface area contributed by atoms with E-state index in [4.69, 9.17) is 10.8 Å². The van der Waals surface area contributed by atoms with E-state index in [9.17, 15) is 0 Å². The Morgan fingerprint density at radius 1 is 0.750 bits per heavy atom. The van der Waals surface area contributed by atoms with Crippen LogP contribution in [0.15, 0.2) is 12.1 Å². The molecule has 2 nitrogen and oxygen atoms in total. The van der Waals surface area contributed by atoms with Crippen molar-refractivity contribution in [3.63, 3.8) is 0 Å². The second-order valence-electron chi connectivity index (χ2n) is 3.22. The highest BCUT2D eigenvalue weighted by molar-refractivity contribution is 7.78. The van der Waals surface area contributed by atoms with Crippen LogP contribution in [0.1, 0.15) is 22.3 Å². The minimum atomic E-state index is 1.39. The summed E-state index contributed by atoms with van der Waals surface area (Å²) in [5, 5.41) is 14.7. The van der Waals surface area contributed by atoms with E-state index in [0.29, 0.717) is 0 Å². The predicted octanol–water partition coefficient (Wildman–Crippen LogP) is 4.26. The third-order valence-corrected chi connectivity index (χ3v) is 2.11. The first kappa shape index (κ1) is 17.2. The molecule has 0 saturated heterocycles. The van der Waals surface area contributed by atoms with Gasteiger partial charge in [0.25, 0.3) is 0 Å². The molecule has 4 heteroatoms. The first-order chi connectivity index (χ1) is 7.44. The van der Waals surface area contributed by atoms with Gasteiger partial charge in [0.1, 0.15) is 0 Å². The Morgan fingerprint density at radius 2 is 0.875 bits per heavy atom. The summed E-state index contributed by atoms with van der Waals surface area (Å²) in [5.41, 5.74) is 5.57. The molecule has 0 amide bonds. The van der Waals surface area contributed by atoms with Gasteiger partial charge >= 0.3 is 0 Å². The highest BCUT2D eigenvalue weighted by Gasteiger charge is 1.95. The number of isothiocyanates is 2. The van der Waals surface area contributed by atoms with Crippen LogP contribution < -0.4 is 0 Å². The van der Waals surface area contributed by atoms with Gasteiger partial charge < -0.3 is 0 Å². The Bertz CT molecular complexity index is 337. The maximum absolute atomic E-state index is 5.77. The smallest absolute Gasteiger partial charge is 0.0554 e. The minimum Gasteiger partial charge on any atom is -0.248 e. The zero-order valence-electron chi connectivity index (χ0n) is 9.97. The van der Waals surface area contributed by atoms with E-state index in [-0.39, 0.29) is 0 Å². The molecule has 86 valence electrons. The molecule has 1 aromatic rings. The summed E-state index contributed by atoms with van der Waals surface area (Å²) in [4.78, 5) is 0. The summed E-state index contributed by atoms with van der Waals surface area (Å²) in [7, 11) is 0. The number of thiocarbonyl (C=S) groups is 2. The van der Waals surface area contributed by atoms with Crippen LogP contribution >= 0.6 is 24.4 Å². The average molecular weight is 252 g/mol. The van der Waals surface area contributed by atoms with E-state index in [1.807, 2.05) is 0 Å². The Hall–Kier alpha value is -1.18. The van der Waals surface area contributed by atoms with E-state index in [0.717, 1.165) is 0 Å². The van der Waals surface area contributed by atoms with Crippen molar-refractivity contribution >= 4 is 34.8 Å². The van der Waals surface area contributed by atoms with Crippen molar-refractivity contribution in [1.82, 2.24) is 0 Å². The molecule has 2 N–H and O–H groups in total. The lowest BCUT2D eigenvalue weighted by molar-refractivity contribution is 1.24. The van der Waals surface area contributed by atoms with E-state index in [1.54, 1.807) is 10.3 Å². The quantitative estimate of drug-likeness (QED) is 0.535. The molecule has 0 saturated carbocycles. The Labute approximate surface area is 108 Å². The number of hydrogen-bond acceptors (Lipinski definition) is 4. The van der Waals surface area contributed by atoms with Crippen LogP contribution in [0.5, 0.6) is 0 Å². The lowest BCUT2D eigenvalue weighted by Crippen LogP contribution is -1.86. The van der Waals surface area contributed by atoms with Crippen molar-refractivity contribution < 1.29 is 0 Å². The van der Waals surface area contributed by atoms with Gasteiger partial charge in [-0.2, -0.15) is 0 Å². The van der Waals surface area contributed by atoms with Crippen LogP contribution in [-0.2, 0) is 0 Å². The van der Waals surface area contributed by atoms with Crippen LogP contribution in [0.4, 0.5) is 0 Å². The predicted molar refractivity (Wildman–Crippen MR) is 76.0 cm³/mol. The molecule has 0 atom stereocenters. The maximum Gasteiger partial charge on any atom is 0.0554 e. The summed E-state index contributed by atoms with van der Waals surface area (Å²) in [6.45, 7) is 8.62. The summed E-state index contributed by atoms with van der Waals surface area (Å²) >= 11 is 7.62. The van der Waals surface area contributed by atoms with Crippen molar-refractivity contribution in [2.75, 3.05) is 0 Å². The van der Waals surface area contributed by atoms with Gasteiger partial charge in [0.15, 0.2) is 0 Å². The Kier molecular flexibility index (Phi) is 11.1. The number of rotatable bonds is 0. The van der Waals surface area contributed by atoms with Crippen molar-refractivity contribution in [3.8, 4) is 0 Å². The van der Waals surface area contributed by atoms with Crippen molar-refractivity contribution in [1.29, 1.82) is 10.8 Å². The fourth-order valence-electron chi connectivity index (χ4n) is 1.10. The van der Waals surface area contributed by atoms with Gasteiger partial charge in [-0.15, -0.1) is 0 Å². The first-order valence-electron chi connectivity index (χ1n) is 4.56. The van der Waals surface area contributed by atoms with Crippen molar-refractivity contribution in [3.05, 3.63) is 34.4 Å². The van der Waals surface area contributed by atoms with Gasteiger partial charge in [-0.1, -0.05) is 12.1 Å². The fraction of sp³-hybridized carbons (Fsp3) is 0.333.